The number of aromatic nitrogens is 1. The third-order valence-corrected chi connectivity index (χ3v) is 4.50. The number of nitrogens with one attached hydrogen (secondary N) is 1. The normalized spacial score (nSPS) is 10.8. The SMILES string of the molecule is O=C(Nc1nc2ccc(F)cc2s1)c1cc(Br)ccc1Cl. The first-order valence-corrected chi connectivity index (χ1v) is 7.84. The van der Waals surface area contributed by atoms with Crippen molar-refractivity contribution < 1.29 is 9.18 Å². The number of hydrogen-bond acceptors (Lipinski definition) is 3. The summed E-state index contributed by atoms with van der Waals surface area (Å²) in [4.78, 5) is 16.4. The van der Waals surface area contributed by atoms with Crippen molar-refractivity contribution in [1.29, 1.82) is 0 Å². The van der Waals surface area contributed by atoms with Gasteiger partial charge in [0.05, 0.1) is 20.8 Å². The summed E-state index contributed by atoms with van der Waals surface area (Å²) in [7, 11) is 0. The third-order valence-electron chi connectivity index (χ3n) is 2.74. The highest BCUT2D eigenvalue weighted by molar-refractivity contribution is 9.10. The predicted octanol–water partition coefficient (Wildman–Crippen LogP) is 5.10. The maximum Gasteiger partial charge on any atom is 0.258 e. The molecule has 0 fully saturated rings. The van der Waals surface area contributed by atoms with Crippen LogP contribution < -0.4 is 5.32 Å². The van der Waals surface area contributed by atoms with Crippen LogP contribution in [0.3, 0.4) is 0 Å². The molecular weight excluding hydrogens is 379 g/mol. The summed E-state index contributed by atoms with van der Waals surface area (Å²) < 4.78 is 14.6. The van der Waals surface area contributed by atoms with E-state index in [1.165, 1.54) is 23.5 Å². The van der Waals surface area contributed by atoms with Crippen LogP contribution in [0.25, 0.3) is 10.2 Å². The van der Waals surface area contributed by atoms with Crippen LogP contribution in [-0.4, -0.2) is 10.9 Å². The molecule has 7 heteroatoms. The molecule has 0 radical (unpaired) electrons. The first-order valence-electron chi connectivity index (χ1n) is 5.85. The van der Waals surface area contributed by atoms with Crippen molar-refractivity contribution in [3.63, 3.8) is 0 Å². The van der Waals surface area contributed by atoms with Crippen molar-refractivity contribution in [2.75, 3.05) is 5.32 Å². The van der Waals surface area contributed by atoms with E-state index in [1.54, 1.807) is 24.3 Å². The monoisotopic (exact) mass is 384 g/mol. The molecule has 0 spiro atoms. The van der Waals surface area contributed by atoms with Gasteiger partial charge in [0, 0.05) is 4.47 Å². The van der Waals surface area contributed by atoms with E-state index in [1.807, 2.05) is 0 Å². The van der Waals surface area contributed by atoms with Crippen LogP contribution in [0.2, 0.25) is 5.02 Å². The fourth-order valence-electron chi connectivity index (χ4n) is 1.79. The molecule has 3 aromatic rings. The molecule has 1 N–H and O–H groups in total. The van der Waals surface area contributed by atoms with Gasteiger partial charge in [-0.3, -0.25) is 10.1 Å². The van der Waals surface area contributed by atoms with E-state index in [4.69, 9.17) is 11.6 Å². The van der Waals surface area contributed by atoms with E-state index in [2.05, 4.69) is 26.2 Å². The Morgan fingerprint density at radius 2 is 2.10 bits per heavy atom. The van der Waals surface area contributed by atoms with Crippen LogP contribution in [0.1, 0.15) is 10.4 Å². The Hall–Kier alpha value is -1.50. The molecule has 2 aromatic carbocycles. The minimum absolute atomic E-state index is 0.334. The first-order chi connectivity index (χ1) is 10.0. The van der Waals surface area contributed by atoms with Gasteiger partial charge < -0.3 is 0 Å². The zero-order valence-electron chi connectivity index (χ0n) is 10.4. The van der Waals surface area contributed by atoms with Gasteiger partial charge in [0.25, 0.3) is 5.91 Å². The molecule has 1 amide bonds. The van der Waals surface area contributed by atoms with Crippen LogP contribution in [0.4, 0.5) is 9.52 Å². The number of nitrogens with zero attached hydrogens (tertiary/aromatic N) is 1. The summed E-state index contributed by atoms with van der Waals surface area (Å²) in [5, 5.41) is 3.43. The van der Waals surface area contributed by atoms with Gasteiger partial charge in [-0.25, -0.2) is 9.37 Å². The molecule has 0 saturated carbocycles. The number of hydrogen-bond donors (Lipinski definition) is 1. The van der Waals surface area contributed by atoms with Gasteiger partial charge in [-0.2, -0.15) is 0 Å². The zero-order chi connectivity index (χ0) is 15.0. The van der Waals surface area contributed by atoms with Crippen LogP contribution in [0.5, 0.6) is 0 Å². The quantitative estimate of drug-likeness (QED) is 0.666. The molecule has 0 bridgehead atoms. The van der Waals surface area contributed by atoms with E-state index < -0.39 is 0 Å². The number of halogens is 3. The average Bonchev–Trinajstić information content (AvgIpc) is 2.82. The van der Waals surface area contributed by atoms with Gasteiger partial charge >= 0.3 is 0 Å². The summed E-state index contributed by atoms with van der Waals surface area (Å²) in [5.41, 5.74) is 0.980. The fraction of sp³-hybridized carbons (Fsp3) is 0. The minimum atomic E-state index is -0.360. The summed E-state index contributed by atoms with van der Waals surface area (Å²) in [6.07, 6.45) is 0. The van der Waals surface area contributed by atoms with E-state index in [0.717, 1.165) is 4.47 Å². The number of fused-ring (bicyclic) bond motifs is 1. The number of anilines is 1. The van der Waals surface area contributed by atoms with Gasteiger partial charge in [0.2, 0.25) is 0 Å². The lowest BCUT2D eigenvalue weighted by Gasteiger charge is -2.04. The van der Waals surface area contributed by atoms with Gasteiger partial charge in [-0.05, 0) is 36.4 Å². The molecule has 0 aliphatic heterocycles. The molecule has 0 aliphatic rings. The highest BCUT2D eigenvalue weighted by atomic mass is 79.9. The largest absolute Gasteiger partial charge is 0.298 e. The van der Waals surface area contributed by atoms with Crippen molar-refractivity contribution in [3.8, 4) is 0 Å². The lowest BCUT2D eigenvalue weighted by molar-refractivity contribution is 0.102. The molecule has 0 aliphatic carbocycles. The molecule has 0 atom stereocenters. The summed E-state index contributed by atoms with van der Waals surface area (Å²) in [5.74, 6) is -0.695. The molecule has 0 saturated heterocycles. The highest BCUT2D eigenvalue weighted by Gasteiger charge is 2.13. The molecular formula is C14H7BrClFN2OS. The number of benzene rings is 2. The van der Waals surface area contributed by atoms with Crippen molar-refractivity contribution in [2.24, 2.45) is 0 Å². The van der Waals surface area contributed by atoms with Crippen molar-refractivity contribution in [2.45, 2.75) is 0 Å². The second kappa shape index (κ2) is 5.71. The minimum Gasteiger partial charge on any atom is -0.298 e. The molecule has 3 rings (SSSR count). The summed E-state index contributed by atoms with van der Waals surface area (Å²) >= 11 is 10.5. The number of carbonyl (C=O) groups is 1. The van der Waals surface area contributed by atoms with Crippen molar-refractivity contribution in [3.05, 3.63) is 57.3 Å². The Balaban J connectivity index is 1.90. The average molecular weight is 386 g/mol. The van der Waals surface area contributed by atoms with Gasteiger partial charge in [0.15, 0.2) is 5.13 Å². The van der Waals surface area contributed by atoms with Crippen LogP contribution in [0, 0.1) is 5.82 Å². The topological polar surface area (TPSA) is 42.0 Å². The van der Waals surface area contributed by atoms with E-state index in [-0.39, 0.29) is 11.7 Å². The van der Waals surface area contributed by atoms with Crippen molar-refractivity contribution in [1.82, 2.24) is 4.98 Å². The number of carbonyl (C=O) groups excluding carboxylic acids is 1. The van der Waals surface area contributed by atoms with E-state index in [0.29, 0.717) is 25.9 Å². The standard InChI is InChI=1S/C14H7BrClFN2OS/c15-7-1-3-10(16)9(5-7)13(20)19-14-18-11-4-2-8(17)6-12(11)21-14/h1-6H,(H,18,19,20). The molecule has 3 nitrogen and oxygen atoms in total. The van der Waals surface area contributed by atoms with Crippen LogP contribution in [-0.2, 0) is 0 Å². The molecule has 106 valence electrons. The highest BCUT2D eigenvalue weighted by Crippen LogP contribution is 2.28. The Kier molecular flexibility index (Phi) is 3.93. The number of rotatable bonds is 2. The maximum absolute atomic E-state index is 13.1. The molecule has 0 unspecified atom stereocenters. The van der Waals surface area contributed by atoms with Gasteiger partial charge in [-0.15, -0.1) is 0 Å². The fourth-order valence-corrected chi connectivity index (χ4v) is 3.24. The smallest absolute Gasteiger partial charge is 0.258 e. The van der Waals surface area contributed by atoms with Crippen LogP contribution >= 0.6 is 38.9 Å². The second-order valence-corrected chi connectivity index (χ2v) is 6.56. The Labute approximate surface area is 136 Å². The Bertz CT molecular complexity index is 852. The van der Waals surface area contributed by atoms with E-state index >= 15 is 0 Å². The van der Waals surface area contributed by atoms with Crippen molar-refractivity contribution >= 4 is 60.1 Å². The van der Waals surface area contributed by atoms with Gasteiger partial charge in [-0.1, -0.05) is 38.9 Å². The third kappa shape index (κ3) is 3.07. The number of thiazole rings is 1. The lowest BCUT2D eigenvalue weighted by Crippen LogP contribution is -2.12. The predicted molar refractivity (Wildman–Crippen MR) is 86.7 cm³/mol. The zero-order valence-corrected chi connectivity index (χ0v) is 13.5. The van der Waals surface area contributed by atoms with E-state index in [9.17, 15) is 9.18 Å². The molecule has 21 heavy (non-hydrogen) atoms. The van der Waals surface area contributed by atoms with Gasteiger partial charge in [0.1, 0.15) is 5.82 Å². The Morgan fingerprint density at radius 1 is 1.29 bits per heavy atom. The lowest BCUT2D eigenvalue weighted by atomic mass is 10.2. The Morgan fingerprint density at radius 3 is 2.90 bits per heavy atom. The maximum atomic E-state index is 13.1. The van der Waals surface area contributed by atoms with Crippen LogP contribution in [0.15, 0.2) is 40.9 Å². The second-order valence-electron chi connectivity index (χ2n) is 4.21. The molecule has 1 aromatic heterocycles. The summed E-state index contributed by atoms with van der Waals surface area (Å²) in [6.45, 7) is 0. The number of amides is 1. The summed E-state index contributed by atoms with van der Waals surface area (Å²) in [6, 6.07) is 9.30. The molecule has 1 heterocycles. The first kappa shape index (κ1) is 14.4.